The number of quaternary nitrogens is 1. The van der Waals surface area contributed by atoms with Crippen LogP contribution in [0.2, 0.25) is 13.1 Å². The molecular weight excluding hydrogens is 206 g/mol. The second-order valence-corrected chi connectivity index (χ2v) is 8.21. The molecule has 0 aromatic heterocycles. The lowest BCUT2D eigenvalue weighted by atomic mass is 9.80. The molecule has 0 atom stereocenters. The second kappa shape index (κ2) is 4.16. The quantitative estimate of drug-likeness (QED) is 0.574. The minimum absolute atomic E-state index is 0.219. The molecule has 1 aliphatic rings. The van der Waals surface area contributed by atoms with Crippen molar-refractivity contribution in [3.63, 3.8) is 0 Å². The summed E-state index contributed by atoms with van der Waals surface area (Å²) >= 11 is 0. The van der Waals surface area contributed by atoms with Crippen molar-refractivity contribution in [3.05, 3.63) is 5.21 Å². The molecule has 4 heteroatoms. The molecule has 0 amide bonds. The van der Waals surface area contributed by atoms with E-state index in [1.54, 1.807) is 0 Å². The third-order valence-corrected chi connectivity index (χ3v) is 3.91. The van der Waals surface area contributed by atoms with Crippen molar-refractivity contribution in [2.75, 3.05) is 0 Å². The Hall–Kier alpha value is 0.0969. The molecule has 1 aliphatic heterocycles. The largest absolute Gasteiger partial charge is 0.634 e. The topological polar surface area (TPSA) is 36.7 Å². The lowest BCUT2D eigenvalue weighted by molar-refractivity contribution is -0.956. The minimum atomic E-state index is -0.661. The molecule has 0 spiro atoms. The Labute approximate surface area is 95.1 Å². The summed E-state index contributed by atoms with van der Waals surface area (Å²) < 4.78 is 5.96. The van der Waals surface area contributed by atoms with Crippen molar-refractivity contribution in [3.8, 4) is 0 Å². The molecule has 1 N–H and O–H groups in total. The van der Waals surface area contributed by atoms with E-state index < -0.39 is 9.04 Å². The van der Waals surface area contributed by atoms with E-state index in [1.807, 2.05) is 27.7 Å². The highest BCUT2D eigenvalue weighted by atomic mass is 28.3. The SMILES string of the molecule is C[Si](C)OC1CC(C)(C)[NH+]([O-])C(C)(C)C1. The fraction of sp³-hybridized carbons (Fsp3) is 1.00. The highest BCUT2D eigenvalue weighted by Crippen LogP contribution is 2.26. The monoisotopic (exact) mass is 230 g/mol. The predicted octanol–water partition coefficient (Wildman–Crippen LogP) is 1.36. The molecule has 0 unspecified atom stereocenters. The summed E-state index contributed by atoms with van der Waals surface area (Å²) in [4.78, 5) is 0. The molecule has 1 saturated heterocycles. The molecule has 0 saturated carbocycles. The van der Waals surface area contributed by atoms with Crippen LogP contribution in [0.3, 0.4) is 0 Å². The van der Waals surface area contributed by atoms with Crippen LogP contribution < -0.4 is 5.06 Å². The Bertz CT molecular complexity index is 211. The van der Waals surface area contributed by atoms with Gasteiger partial charge in [-0.3, -0.25) is 0 Å². The van der Waals surface area contributed by atoms with Gasteiger partial charge in [0.2, 0.25) is 9.04 Å². The summed E-state index contributed by atoms with van der Waals surface area (Å²) in [6.45, 7) is 12.5. The lowest BCUT2D eigenvalue weighted by Crippen LogP contribution is -3.23. The third-order valence-electron chi connectivity index (χ3n) is 3.11. The van der Waals surface area contributed by atoms with Crippen LogP contribution in [0, 0.1) is 5.21 Å². The van der Waals surface area contributed by atoms with Crippen LogP contribution in [0.15, 0.2) is 0 Å². The molecule has 15 heavy (non-hydrogen) atoms. The van der Waals surface area contributed by atoms with Crippen molar-refractivity contribution in [1.82, 2.24) is 0 Å². The number of nitrogens with one attached hydrogen (secondary N) is 1. The molecule has 1 fully saturated rings. The van der Waals surface area contributed by atoms with Crippen molar-refractivity contribution in [2.45, 2.75) is 70.8 Å². The van der Waals surface area contributed by atoms with E-state index in [1.165, 1.54) is 0 Å². The molecule has 0 bridgehead atoms. The fourth-order valence-corrected chi connectivity index (χ4v) is 3.56. The van der Waals surface area contributed by atoms with Gasteiger partial charge in [0.25, 0.3) is 0 Å². The zero-order chi connectivity index (χ0) is 11.9. The van der Waals surface area contributed by atoms with Crippen molar-refractivity contribution >= 4 is 9.04 Å². The van der Waals surface area contributed by atoms with Gasteiger partial charge < -0.3 is 14.7 Å². The van der Waals surface area contributed by atoms with Gasteiger partial charge in [0.15, 0.2) is 0 Å². The molecule has 0 aliphatic carbocycles. The number of rotatable bonds is 2. The highest BCUT2D eigenvalue weighted by Gasteiger charge is 2.45. The van der Waals surface area contributed by atoms with Crippen LogP contribution in [0.5, 0.6) is 0 Å². The van der Waals surface area contributed by atoms with E-state index in [0.717, 1.165) is 12.8 Å². The van der Waals surface area contributed by atoms with Crippen LogP contribution in [0.4, 0.5) is 0 Å². The van der Waals surface area contributed by atoms with Gasteiger partial charge in [-0.15, -0.1) is 0 Å². The van der Waals surface area contributed by atoms with Gasteiger partial charge in [0, 0.05) is 12.8 Å². The Morgan fingerprint density at radius 2 is 1.53 bits per heavy atom. The summed E-state index contributed by atoms with van der Waals surface area (Å²) in [5, 5.41) is 12.5. The second-order valence-electron chi connectivity index (χ2n) is 6.15. The first-order valence-corrected chi connectivity index (χ1v) is 8.08. The summed E-state index contributed by atoms with van der Waals surface area (Å²) in [7, 11) is -0.661. The van der Waals surface area contributed by atoms with Gasteiger partial charge in [0.05, 0.1) is 17.2 Å². The third kappa shape index (κ3) is 3.03. The van der Waals surface area contributed by atoms with Gasteiger partial charge >= 0.3 is 0 Å². The van der Waals surface area contributed by atoms with Gasteiger partial charge in [-0.25, -0.2) is 0 Å². The van der Waals surface area contributed by atoms with Gasteiger partial charge in [-0.1, -0.05) is 0 Å². The number of hydrogen-bond donors (Lipinski definition) is 1. The van der Waals surface area contributed by atoms with Crippen LogP contribution in [-0.4, -0.2) is 26.2 Å². The van der Waals surface area contributed by atoms with Crippen LogP contribution in [0.25, 0.3) is 0 Å². The van der Waals surface area contributed by atoms with E-state index in [0.29, 0.717) is 5.06 Å². The van der Waals surface area contributed by atoms with Gasteiger partial charge in [-0.05, 0) is 40.8 Å². The number of hydrogen-bond acceptors (Lipinski definition) is 2. The van der Waals surface area contributed by atoms with Crippen LogP contribution in [0.1, 0.15) is 40.5 Å². The zero-order valence-electron chi connectivity index (χ0n) is 10.8. The van der Waals surface area contributed by atoms with Crippen molar-refractivity contribution in [2.24, 2.45) is 0 Å². The Morgan fingerprint density at radius 3 is 1.87 bits per heavy atom. The summed E-state index contributed by atoms with van der Waals surface area (Å²) in [6, 6.07) is 0. The van der Waals surface area contributed by atoms with Crippen molar-refractivity contribution in [1.29, 1.82) is 0 Å². The van der Waals surface area contributed by atoms with E-state index in [9.17, 15) is 5.21 Å². The zero-order valence-corrected chi connectivity index (χ0v) is 11.8. The predicted molar refractivity (Wildman–Crippen MR) is 64.1 cm³/mol. The maximum absolute atomic E-state index is 12.2. The summed E-state index contributed by atoms with van der Waals surface area (Å²) in [5.41, 5.74) is -0.437. The molecule has 89 valence electrons. The fourth-order valence-electron chi connectivity index (χ4n) is 2.73. The number of piperidine rings is 1. The first-order valence-electron chi connectivity index (χ1n) is 5.67. The van der Waals surface area contributed by atoms with E-state index in [4.69, 9.17) is 4.43 Å². The van der Waals surface area contributed by atoms with E-state index >= 15 is 0 Å². The lowest BCUT2D eigenvalue weighted by Gasteiger charge is -2.54. The Morgan fingerprint density at radius 1 is 1.13 bits per heavy atom. The highest BCUT2D eigenvalue weighted by molar-refractivity contribution is 6.48. The normalized spacial score (nSPS) is 34.4. The molecule has 1 heterocycles. The van der Waals surface area contributed by atoms with Gasteiger partial charge in [0.1, 0.15) is 0 Å². The average Bonchev–Trinajstić information content (AvgIpc) is 1.97. The molecule has 0 aromatic carbocycles. The Kier molecular flexibility index (Phi) is 3.65. The Balaban J connectivity index is 2.75. The van der Waals surface area contributed by atoms with E-state index in [-0.39, 0.29) is 17.2 Å². The van der Waals surface area contributed by atoms with Crippen LogP contribution in [-0.2, 0) is 4.43 Å². The molecule has 3 nitrogen and oxygen atoms in total. The minimum Gasteiger partial charge on any atom is -0.634 e. The average molecular weight is 230 g/mol. The first kappa shape index (κ1) is 13.2. The first-order chi connectivity index (χ1) is 6.65. The standard InChI is InChI=1S/C11H24NO2Si/c1-10(2)7-9(14-15(5)6)8-11(3,4)12(10)13/h9,12H,7-8H2,1-6H3. The number of hydroxylamine groups is 2. The summed E-state index contributed by atoms with van der Waals surface area (Å²) in [5.74, 6) is 0. The summed E-state index contributed by atoms with van der Waals surface area (Å²) in [6.07, 6.45) is 2.03. The van der Waals surface area contributed by atoms with E-state index in [2.05, 4.69) is 13.1 Å². The van der Waals surface area contributed by atoms with Crippen LogP contribution >= 0.6 is 0 Å². The smallest absolute Gasteiger partial charge is 0.205 e. The molecule has 0 aromatic rings. The van der Waals surface area contributed by atoms with Crippen molar-refractivity contribution < 1.29 is 9.49 Å². The van der Waals surface area contributed by atoms with Gasteiger partial charge in [-0.2, -0.15) is 0 Å². The molecule has 1 radical (unpaired) electrons. The maximum atomic E-state index is 12.2. The molecular formula is C11H24NO2Si. The molecule has 1 rings (SSSR count). The maximum Gasteiger partial charge on any atom is 0.205 e.